The lowest BCUT2D eigenvalue weighted by Crippen LogP contribution is -2.42. The van der Waals surface area contributed by atoms with Gasteiger partial charge in [0.15, 0.2) is 0 Å². The van der Waals surface area contributed by atoms with Crippen molar-refractivity contribution in [2.75, 3.05) is 6.61 Å². The Balaban J connectivity index is 1.35. The summed E-state index contributed by atoms with van der Waals surface area (Å²) in [5.41, 5.74) is 3.69. The lowest BCUT2D eigenvalue weighted by Gasteiger charge is -2.30. The largest absolute Gasteiger partial charge is 0.493 e. The van der Waals surface area contributed by atoms with Crippen molar-refractivity contribution in [3.05, 3.63) is 95.9 Å². The molecule has 4 aromatic rings. The number of rotatable bonds is 6. The Morgan fingerprint density at radius 1 is 1.03 bits per heavy atom. The van der Waals surface area contributed by atoms with Crippen LogP contribution in [-0.4, -0.2) is 35.8 Å². The summed E-state index contributed by atoms with van der Waals surface area (Å²) in [4.78, 5) is 17.5. The molecular formula is C30H30N2O6S. The molecule has 1 aliphatic heterocycles. The van der Waals surface area contributed by atoms with E-state index in [1.54, 1.807) is 48.7 Å². The fourth-order valence-electron chi connectivity index (χ4n) is 4.43. The van der Waals surface area contributed by atoms with E-state index in [-0.39, 0.29) is 18.1 Å². The molecule has 0 unspecified atom stereocenters. The van der Waals surface area contributed by atoms with E-state index < -0.39 is 26.8 Å². The molecule has 8 nitrogen and oxygen atoms in total. The van der Waals surface area contributed by atoms with Crippen LogP contribution < -0.4 is 9.46 Å². The van der Waals surface area contributed by atoms with Crippen LogP contribution in [0.25, 0.3) is 22.6 Å². The molecule has 0 radical (unpaired) electrons. The maximum Gasteiger partial charge on any atom is 0.265 e. The quantitative estimate of drug-likeness (QED) is 0.343. The van der Waals surface area contributed by atoms with Crippen LogP contribution >= 0.6 is 0 Å². The van der Waals surface area contributed by atoms with Crippen LogP contribution in [0.3, 0.4) is 0 Å². The first-order chi connectivity index (χ1) is 18.5. The Morgan fingerprint density at radius 3 is 2.49 bits per heavy atom. The molecule has 1 aromatic heterocycles. The van der Waals surface area contributed by atoms with Crippen LogP contribution in [0, 0.1) is 5.92 Å². The number of benzene rings is 3. The average molecular weight is 547 g/mol. The van der Waals surface area contributed by atoms with E-state index in [4.69, 9.17) is 9.15 Å². The number of aliphatic hydroxyl groups is 1. The fraction of sp³-hybridized carbons (Fsp3) is 0.267. The van der Waals surface area contributed by atoms with Crippen molar-refractivity contribution >= 4 is 15.9 Å². The van der Waals surface area contributed by atoms with Gasteiger partial charge in [0.2, 0.25) is 15.9 Å². The molecule has 0 fully saturated rings. The lowest BCUT2D eigenvalue weighted by atomic mass is 9.88. The van der Waals surface area contributed by atoms with Crippen molar-refractivity contribution in [2.45, 2.75) is 38.0 Å². The number of carbonyl (C=O) groups is 1. The van der Waals surface area contributed by atoms with Crippen LogP contribution in [0.4, 0.5) is 0 Å². The molecule has 2 N–H and O–H groups in total. The van der Waals surface area contributed by atoms with Gasteiger partial charge in [-0.15, -0.1) is 0 Å². The average Bonchev–Trinajstić information content (AvgIpc) is 3.38. The van der Waals surface area contributed by atoms with Crippen molar-refractivity contribution < 1.29 is 27.5 Å². The summed E-state index contributed by atoms with van der Waals surface area (Å²) < 4.78 is 37.8. The predicted octanol–water partition coefficient (Wildman–Crippen LogP) is 5.15. The van der Waals surface area contributed by atoms with Gasteiger partial charge >= 0.3 is 0 Å². The number of nitrogens with one attached hydrogen (secondary N) is 1. The minimum absolute atomic E-state index is 0.222. The fourth-order valence-corrected chi connectivity index (χ4v) is 5.09. The van der Waals surface area contributed by atoms with Crippen LogP contribution in [-0.2, 0) is 16.4 Å². The molecular weight excluding hydrogens is 516 g/mol. The van der Waals surface area contributed by atoms with Gasteiger partial charge in [-0.25, -0.2) is 18.1 Å². The van der Waals surface area contributed by atoms with Crippen molar-refractivity contribution in [1.82, 2.24) is 9.71 Å². The molecule has 2 atom stereocenters. The summed E-state index contributed by atoms with van der Waals surface area (Å²) in [6.45, 7) is 4.85. The Labute approximate surface area is 227 Å². The molecule has 1 aliphatic rings. The number of sulfonamides is 1. The Kier molecular flexibility index (Phi) is 7.05. The maximum absolute atomic E-state index is 13.0. The first-order valence-corrected chi connectivity index (χ1v) is 14.1. The van der Waals surface area contributed by atoms with Crippen LogP contribution in [0.15, 0.2) is 83.5 Å². The SMILES string of the molecule is CC(C)(C)S(=O)(=O)NC(=O)c1ccccc1-c1ccc2c(c1)OC[C@H](Cc1coc(-c3ccccc3)n1)[C@H]2O. The Bertz CT molecular complexity index is 1610. The van der Waals surface area contributed by atoms with E-state index >= 15 is 0 Å². The monoisotopic (exact) mass is 546 g/mol. The highest BCUT2D eigenvalue weighted by Gasteiger charge is 2.33. The Hall–Kier alpha value is -3.95. The van der Waals surface area contributed by atoms with E-state index in [9.17, 15) is 18.3 Å². The highest BCUT2D eigenvalue weighted by atomic mass is 32.2. The summed E-state index contributed by atoms with van der Waals surface area (Å²) in [5, 5.41) is 11.1. The second-order valence-corrected chi connectivity index (χ2v) is 13.0. The van der Waals surface area contributed by atoms with E-state index in [0.29, 0.717) is 34.8 Å². The molecule has 1 amide bonds. The minimum atomic E-state index is -3.88. The zero-order chi connectivity index (χ0) is 27.8. The van der Waals surface area contributed by atoms with Crippen LogP contribution in [0.5, 0.6) is 5.75 Å². The van der Waals surface area contributed by atoms with Gasteiger partial charge in [0, 0.05) is 29.0 Å². The van der Waals surface area contributed by atoms with Crippen LogP contribution in [0.2, 0.25) is 0 Å². The highest BCUT2D eigenvalue weighted by Crippen LogP contribution is 2.40. The molecule has 3 aromatic carbocycles. The number of aromatic nitrogens is 1. The zero-order valence-electron chi connectivity index (χ0n) is 21.9. The number of hydrogen-bond donors (Lipinski definition) is 2. The molecule has 0 saturated carbocycles. The summed E-state index contributed by atoms with van der Waals surface area (Å²) in [5.74, 6) is 0.109. The Morgan fingerprint density at radius 2 is 1.74 bits per heavy atom. The number of oxazole rings is 1. The molecule has 0 aliphatic carbocycles. The van der Waals surface area contributed by atoms with Gasteiger partial charge in [-0.1, -0.05) is 48.5 Å². The normalized spacial score (nSPS) is 17.2. The molecule has 5 rings (SSSR count). The molecule has 0 spiro atoms. The van der Waals surface area contributed by atoms with Gasteiger partial charge in [-0.2, -0.15) is 0 Å². The van der Waals surface area contributed by atoms with Crippen molar-refractivity contribution in [2.24, 2.45) is 5.92 Å². The molecule has 2 heterocycles. The third-order valence-corrected chi connectivity index (χ3v) is 8.86. The van der Waals surface area contributed by atoms with Gasteiger partial charge in [0.25, 0.3) is 5.91 Å². The summed E-state index contributed by atoms with van der Waals surface area (Å²) in [7, 11) is -3.88. The molecule has 0 bridgehead atoms. The number of aliphatic hydroxyl groups excluding tert-OH is 1. The number of amides is 1. The first kappa shape index (κ1) is 26.6. The topological polar surface area (TPSA) is 119 Å². The number of carbonyl (C=O) groups excluding carboxylic acids is 1. The molecule has 0 saturated heterocycles. The van der Waals surface area contributed by atoms with E-state index in [1.807, 2.05) is 30.3 Å². The standard InChI is InChI=1S/C30H30N2O6S/c1-30(2,3)39(35,36)32-28(34)24-12-8-7-11-23(24)20-13-14-25-26(16-20)37-17-21(27(25)33)15-22-18-38-29(31-22)19-9-5-4-6-10-19/h4-14,16,18,21,27,33H,15,17H2,1-3H3,(H,32,34)/t21-,27+/m0/s1. The maximum atomic E-state index is 13.0. The number of hydrogen-bond acceptors (Lipinski definition) is 7. The van der Waals surface area contributed by atoms with Crippen molar-refractivity contribution in [1.29, 1.82) is 0 Å². The van der Waals surface area contributed by atoms with Gasteiger partial charge in [-0.3, -0.25) is 4.79 Å². The highest BCUT2D eigenvalue weighted by molar-refractivity contribution is 7.91. The summed E-state index contributed by atoms with van der Waals surface area (Å²) in [6, 6.07) is 21.7. The van der Waals surface area contributed by atoms with E-state index in [2.05, 4.69) is 9.71 Å². The van der Waals surface area contributed by atoms with Crippen LogP contribution in [0.1, 0.15) is 48.5 Å². The molecule has 202 valence electrons. The van der Waals surface area contributed by atoms with Crippen molar-refractivity contribution in [3.8, 4) is 28.3 Å². The predicted molar refractivity (Wildman–Crippen MR) is 148 cm³/mol. The number of nitrogens with zero attached hydrogens (tertiary/aromatic N) is 1. The number of fused-ring (bicyclic) bond motifs is 1. The summed E-state index contributed by atoms with van der Waals surface area (Å²) in [6.07, 6.45) is 1.30. The minimum Gasteiger partial charge on any atom is -0.493 e. The first-order valence-electron chi connectivity index (χ1n) is 12.6. The van der Waals surface area contributed by atoms with Gasteiger partial charge in [-0.05, 0) is 56.2 Å². The number of ether oxygens (including phenoxy) is 1. The van der Waals surface area contributed by atoms with Crippen molar-refractivity contribution in [3.63, 3.8) is 0 Å². The smallest absolute Gasteiger partial charge is 0.265 e. The second kappa shape index (κ2) is 10.3. The lowest BCUT2D eigenvalue weighted by molar-refractivity contribution is 0.0503. The van der Waals surface area contributed by atoms with Gasteiger partial charge < -0.3 is 14.3 Å². The van der Waals surface area contributed by atoms with Gasteiger partial charge in [0.05, 0.1) is 23.2 Å². The van der Waals surface area contributed by atoms with E-state index in [0.717, 1.165) is 11.3 Å². The third kappa shape index (κ3) is 5.46. The summed E-state index contributed by atoms with van der Waals surface area (Å²) >= 11 is 0. The van der Waals surface area contributed by atoms with E-state index in [1.165, 1.54) is 20.8 Å². The van der Waals surface area contributed by atoms with Gasteiger partial charge in [0.1, 0.15) is 12.0 Å². The second-order valence-electron chi connectivity index (χ2n) is 10.6. The third-order valence-electron chi connectivity index (χ3n) is 6.79. The molecule has 9 heteroatoms. The zero-order valence-corrected chi connectivity index (χ0v) is 22.7. The molecule has 39 heavy (non-hydrogen) atoms.